The highest BCUT2D eigenvalue weighted by molar-refractivity contribution is 5.76. The monoisotopic (exact) mass is 269 g/mol. The van der Waals surface area contributed by atoms with Crippen molar-refractivity contribution in [3.05, 3.63) is 0 Å². The lowest BCUT2D eigenvalue weighted by atomic mass is 9.99. The van der Waals surface area contributed by atoms with Gasteiger partial charge in [0, 0.05) is 6.54 Å². The molecule has 0 aliphatic carbocycles. The molecule has 1 unspecified atom stereocenters. The molecule has 1 saturated heterocycles. The van der Waals surface area contributed by atoms with Crippen LogP contribution in [-0.4, -0.2) is 23.2 Å². The van der Waals surface area contributed by atoms with Gasteiger partial charge < -0.3 is 5.32 Å². The Kier molecular flexibility index (Phi) is 6.63. The Morgan fingerprint density at radius 1 is 1.21 bits per heavy atom. The number of nitrogens with zero attached hydrogens (tertiary/aromatic N) is 1. The summed E-state index contributed by atoms with van der Waals surface area (Å²) in [6.45, 7) is 9.52. The van der Waals surface area contributed by atoms with Crippen molar-refractivity contribution in [3.8, 4) is 0 Å². The van der Waals surface area contributed by atoms with Crippen molar-refractivity contribution >= 4 is 6.03 Å². The molecule has 4 heteroatoms. The van der Waals surface area contributed by atoms with Gasteiger partial charge in [-0.15, -0.1) is 0 Å². The van der Waals surface area contributed by atoms with E-state index in [4.69, 9.17) is 0 Å². The van der Waals surface area contributed by atoms with Crippen LogP contribution < -0.4 is 10.7 Å². The minimum atomic E-state index is -0.207. The van der Waals surface area contributed by atoms with Crippen LogP contribution in [0.3, 0.4) is 0 Å². The van der Waals surface area contributed by atoms with Gasteiger partial charge in [0.05, 0.1) is 0 Å². The van der Waals surface area contributed by atoms with E-state index in [1.807, 2.05) is 0 Å². The van der Waals surface area contributed by atoms with E-state index in [0.29, 0.717) is 5.92 Å². The van der Waals surface area contributed by atoms with Gasteiger partial charge >= 0.3 is 6.03 Å². The van der Waals surface area contributed by atoms with Gasteiger partial charge in [-0.1, -0.05) is 47.0 Å². The third-order valence-corrected chi connectivity index (χ3v) is 3.93. The summed E-state index contributed by atoms with van der Waals surface area (Å²) in [6.07, 6.45) is 7.95. The average Bonchev–Trinajstić information content (AvgIpc) is 2.70. The zero-order valence-electron chi connectivity index (χ0n) is 13.1. The summed E-state index contributed by atoms with van der Waals surface area (Å²) in [5.74, 6) is 0.621. The van der Waals surface area contributed by atoms with E-state index in [9.17, 15) is 4.79 Å². The Bertz CT molecular complexity index is 281. The maximum absolute atomic E-state index is 12.0. The number of amides is 2. The number of rotatable bonds is 9. The van der Waals surface area contributed by atoms with Gasteiger partial charge in [0.15, 0.2) is 0 Å². The van der Waals surface area contributed by atoms with Crippen molar-refractivity contribution in [2.75, 3.05) is 6.54 Å². The predicted molar refractivity (Wildman–Crippen MR) is 79.6 cm³/mol. The summed E-state index contributed by atoms with van der Waals surface area (Å²) in [5, 5.41) is 4.91. The predicted octanol–water partition coefficient (Wildman–Crippen LogP) is 3.64. The third-order valence-electron chi connectivity index (χ3n) is 3.93. The van der Waals surface area contributed by atoms with Gasteiger partial charge in [0.1, 0.15) is 5.66 Å². The molecular weight excluding hydrogens is 238 g/mol. The average molecular weight is 269 g/mol. The van der Waals surface area contributed by atoms with E-state index in [1.54, 1.807) is 5.01 Å². The lowest BCUT2D eigenvalue weighted by molar-refractivity contribution is 0.168. The summed E-state index contributed by atoms with van der Waals surface area (Å²) in [7, 11) is 0. The molecule has 1 atom stereocenters. The molecule has 2 N–H and O–H groups in total. The van der Waals surface area contributed by atoms with Crippen LogP contribution >= 0.6 is 0 Å². The zero-order chi connectivity index (χ0) is 14.3. The third kappa shape index (κ3) is 5.01. The Labute approximate surface area is 118 Å². The van der Waals surface area contributed by atoms with Gasteiger partial charge in [-0.25, -0.2) is 10.2 Å². The normalized spacial score (nSPS) is 23.2. The number of unbranched alkanes of at least 4 members (excludes halogenated alkanes) is 3. The number of hydrogen-bond acceptors (Lipinski definition) is 2. The van der Waals surface area contributed by atoms with Crippen molar-refractivity contribution in [1.29, 1.82) is 0 Å². The molecule has 0 aromatic carbocycles. The molecule has 112 valence electrons. The maximum Gasteiger partial charge on any atom is 0.333 e. The molecule has 0 saturated carbocycles. The Balaban J connectivity index is 2.44. The molecule has 0 spiro atoms. The van der Waals surface area contributed by atoms with Crippen LogP contribution in [0.4, 0.5) is 4.79 Å². The van der Waals surface area contributed by atoms with Crippen molar-refractivity contribution in [2.24, 2.45) is 5.92 Å². The van der Waals surface area contributed by atoms with Crippen LogP contribution in [0, 0.1) is 5.92 Å². The first-order valence-corrected chi connectivity index (χ1v) is 7.90. The number of carbonyl (C=O) groups is 1. The van der Waals surface area contributed by atoms with Gasteiger partial charge in [-0.05, 0) is 31.6 Å². The highest BCUT2D eigenvalue weighted by atomic mass is 16.2. The molecular formula is C15H31N3O. The maximum atomic E-state index is 12.0. The lowest BCUT2D eigenvalue weighted by Gasteiger charge is -2.28. The number of nitrogens with one attached hydrogen (secondary N) is 2. The van der Waals surface area contributed by atoms with Crippen LogP contribution in [0.1, 0.15) is 72.6 Å². The fourth-order valence-corrected chi connectivity index (χ4v) is 2.47. The van der Waals surface area contributed by atoms with Crippen molar-refractivity contribution in [2.45, 2.75) is 78.3 Å². The highest BCUT2D eigenvalue weighted by Crippen LogP contribution is 2.22. The number of hydrazine groups is 1. The van der Waals surface area contributed by atoms with Crippen molar-refractivity contribution in [3.63, 3.8) is 0 Å². The largest absolute Gasteiger partial charge is 0.333 e. The van der Waals surface area contributed by atoms with Gasteiger partial charge in [-0.3, -0.25) is 5.01 Å². The second-order valence-electron chi connectivity index (χ2n) is 6.12. The smallest absolute Gasteiger partial charge is 0.317 e. The van der Waals surface area contributed by atoms with Crippen LogP contribution in [-0.2, 0) is 0 Å². The van der Waals surface area contributed by atoms with E-state index in [-0.39, 0.29) is 11.7 Å². The van der Waals surface area contributed by atoms with Crippen LogP contribution in [0.15, 0.2) is 0 Å². The molecule has 0 aromatic rings. The van der Waals surface area contributed by atoms with Crippen molar-refractivity contribution < 1.29 is 4.79 Å². The first kappa shape index (κ1) is 16.3. The minimum absolute atomic E-state index is 0.0398. The Hall–Kier alpha value is -0.770. The Morgan fingerprint density at radius 3 is 2.53 bits per heavy atom. The standard InChI is InChI=1S/C15H31N3O/c1-5-7-8-9-11-15(6-2)16-14(19)18(17-15)12-10-13(3)4/h13,17H,5-12H2,1-4H3,(H,16,19). The lowest BCUT2D eigenvalue weighted by Crippen LogP contribution is -2.50. The highest BCUT2D eigenvalue weighted by Gasteiger charge is 2.39. The molecule has 1 aliphatic heterocycles. The molecule has 1 aliphatic rings. The van der Waals surface area contributed by atoms with Gasteiger partial charge in [-0.2, -0.15) is 0 Å². The molecule has 4 nitrogen and oxygen atoms in total. The quantitative estimate of drug-likeness (QED) is 0.628. The fraction of sp³-hybridized carbons (Fsp3) is 0.933. The molecule has 0 bridgehead atoms. The number of hydrogen-bond donors (Lipinski definition) is 2. The number of urea groups is 1. The second-order valence-corrected chi connectivity index (χ2v) is 6.12. The molecule has 1 heterocycles. The fourth-order valence-electron chi connectivity index (χ4n) is 2.47. The molecule has 1 fully saturated rings. The van der Waals surface area contributed by atoms with Crippen LogP contribution in [0.2, 0.25) is 0 Å². The zero-order valence-corrected chi connectivity index (χ0v) is 13.1. The first-order chi connectivity index (χ1) is 9.03. The Morgan fingerprint density at radius 2 is 1.95 bits per heavy atom. The second kappa shape index (κ2) is 7.73. The van der Waals surface area contributed by atoms with E-state index in [1.165, 1.54) is 25.7 Å². The summed E-state index contributed by atoms with van der Waals surface area (Å²) in [5.41, 5.74) is 3.20. The topological polar surface area (TPSA) is 44.4 Å². The number of carbonyl (C=O) groups excluding carboxylic acids is 1. The summed E-state index contributed by atoms with van der Waals surface area (Å²) in [4.78, 5) is 12.0. The van der Waals surface area contributed by atoms with Crippen LogP contribution in [0.25, 0.3) is 0 Å². The molecule has 1 rings (SSSR count). The SMILES string of the molecule is CCCCCCC1(CC)NC(=O)N(CCC(C)C)N1. The van der Waals surface area contributed by atoms with Gasteiger partial charge in [0.25, 0.3) is 0 Å². The molecule has 0 radical (unpaired) electrons. The summed E-state index contributed by atoms with van der Waals surface area (Å²) >= 11 is 0. The van der Waals surface area contributed by atoms with Crippen molar-refractivity contribution in [1.82, 2.24) is 15.8 Å². The molecule has 0 aromatic heterocycles. The van der Waals surface area contributed by atoms with Gasteiger partial charge in [0.2, 0.25) is 0 Å². The molecule has 2 amide bonds. The van der Waals surface area contributed by atoms with E-state index in [0.717, 1.165) is 25.8 Å². The van der Waals surface area contributed by atoms with E-state index >= 15 is 0 Å². The first-order valence-electron chi connectivity index (χ1n) is 7.90. The molecule has 19 heavy (non-hydrogen) atoms. The van der Waals surface area contributed by atoms with Crippen LogP contribution in [0.5, 0.6) is 0 Å². The van der Waals surface area contributed by atoms with E-state index < -0.39 is 0 Å². The summed E-state index contributed by atoms with van der Waals surface area (Å²) < 4.78 is 0. The van der Waals surface area contributed by atoms with E-state index in [2.05, 4.69) is 38.4 Å². The summed E-state index contributed by atoms with van der Waals surface area (Å²) in [6, 6.07) is 0.0398. The minimum Gasteiger partial charge on any atom is -0.317 e.